The van der Waals surface area contributed by atoms with Gasteiger partial charge in [-0.3, -0.25) is 4.79 Å². The molecule has 1 aliphatic heterocycles. The molecule has 2 heterocycles. The maximum absolute atomic E-state index is 12.4. The highest BCUT2D eigenvalue weighted by molar-refractivity contribution is 7.09. The van der Waals surface area contributed by atoms with E-state index in [9.17, 15) is 14.7 Å². The lowest BCUT2D eigenvalue weighted by Crippen LogP contribution is -2.42. The predicted octanol–water partition coefficient (Wildman–Crippen LogP) is 2.88. The lowest BCUT2D eigenvalue weighted by molar-refractivity contribution is -0.149. The number of fused-ring (bicyclic) bond motifs is 1. The van der Waals surface area contributed by atoms with Gasteiger partial charge in [0.05, 0.1) is 16.1 Å². The zero-order valence-corrected chi connectivity index (χ0v) is 16.0. The summed E-state index contributed by atoms with van der Waals surface area (Å²) >= 11 is 1.65. The maximum Gasteiger partial charge on any atom is 0.317 e. The van der Waals surface area contributed by atoms with Crippen LogP contribution in [0.1, 0.15) is 50.7 Å². The van der Waals surface area contributed by atoms with Crippen molar-refractivity contribution in [3.8, 4) is 0 Å². The van der Waals surface area contributed by atoms with Gasteiger partial charge in [-0.2, -0.15) is 0 Å². The Hall–Kier alpha value is -1.63. The molecule has 2 atom stereocenters. The Morgan fingerprint density at radius 1 is 1.48 bits per heavy atom. The quantitative estimate of drug-likeness (QED) is 0.859. The highest BCUT2D eigenvalue weighted by atomic mass is 32.1. The van der Waals surface area contributed by atoms with E-state index in [-0.39, 0.29) is 17.4 Å². The molecule has 2 aliphatic rings. The zero-order chi connectivity index (χ0) is 18.2. The third kappa shape index (κ3) is 3.52. The van der Waals surface area contributed by atoms with E-state index in [1.165, 1.54) is 0 Å². The molecule has 1 saturated carbocycles. The fourth-order valence-corrected chi connectivity index (χ4v) is 4.91. The molecular formula is C18H27N3O3S. The number of thiazole rings is 1. The van der Waals surface area contributed by atoms with Crippen molar-refractivity contribution in [3.63, 3.8) is 0 Å². The highest BCUT2D eigenvalue weighted by Gasteiger charge is 2.55. The van der Waals surface area contributed by atoms with Gasteiger partial charge < -0.3 is 15.3 Å². The molecule has 0 spiro atoms. The average Bonchev–Trinajstić information content (AvgIpc) is 3.19. The lowest BCUT2D eigenvalue weighted by Gasteiger charge is -2.23. The number of nitrogens with zero attached hydrogens (tertiary/aromatic N) is 2. The van der Waals surface area contributed by atoms with Crippen molar-refractivity contribution in [2.24, 2.45) is 11.3 Å². The van der Waals surface area contributed by atoms with Gasteiger partial charge in [-0.25, -0.2) is 9.78 Å². The monoisotopic (exact) mass is 365 g/mol. The van der Waals surface area contributed by atoms with E-state index in [2.05, 4.69) is 31.1 Å². The molecule has 2 fully saturated rings. The molecule has 1 aromatic rings. The second-order valence-electron chi connectivity index (χ2n) is 8.31. The number of hydrogen-bond acceptors (Lipinski definition) is 4. The van der Waals surface area contributed by atoms with Crippen LogP contribution in [0.5, 0.6) is 0 Å². The number of nitrogens with one attached hydrogen (secondary N) is 1. The topological polar surface area (TPSA) is 82.5 Å². The number of carbonyl (C=O) groups is 2. The van der Waals surface area contributed by atoms with E-state index < -0.39 is 11.4 Å². The standard InChI is InChI=1S/C18H27N3O3S/c1-17(2,3)14-20-13(10-25-14)6-8-19-16(24)21-9-12-5-4-7-18(12,11-21)15(22)23/h10,12H,4-9,11H2,1-3H3,(H,19,24)(H,22,23)/t12-,18+/m0/s1. The molecule has 2 N–H and O–H groups in total. The summed E-state index contributed by atoms with van der Waals surface area (Å²) < 4.78 is 0. The smallest absolute Gasteiger partial charge is 0.317 e. The Balaban J connectivity index is 1.51. The molecule has 0 unspecified atom stereocenters. The van der Waals surface area contributed by atoms with Crippen LogP contribution in [0.25, 0.3) is 0 Å². The molecule has 3 rings (SSSR count). The van der Waals surface area contributed by atoms with Crippen LogP contribution in [0, 0.1) is 11.3 Å². The van der Waals surface area contributed by atoms with Crippen molar-refractivity contribution >= 4 is 23.3 Å². The fraction of sp³-hybridized carbons (Fsp3) is 0.722. The van der Waals surface area contributed by atoms with Gasteiger partial charge in [0.25, 0.3) is 0 Å². The summed E-state index contributed by atoms with van der Waals surface area (Å²) in [5, 5.41) is 15.7. The van der Waals surface area contributed by atoms with Crippen LogP contribution in [-0.4, -0.2) is 46.6 Å². The van der Waals surface area contributed by atoms with Crippen LogP contribution in [-0.2, 0) is 16.6 Å². The number of rotatable bonds is 4. The summed E-state index contributed by atoms with van der Waals surface area (Å²) in [5.74, 6) is -0.647. The van der Waals surface area contributed by atoms with Gasteiger partial charge in [-0.1, -0.05) is 27.2 Å². The van der Waals surface area contributed by atoms with Crippen LogP contribution >= 0.6 is 11.3 Å². The molecule has 1 aliphatic carbocycles. The fourth-order valence-electron chi connectivity index (χ4n) is 3.97. The Bertz CT molecular complexity index is 667. The normalized spacial score (nSPS) is 25.9. The number of carboxylic acids is 1. The maximum atomic E-state index is 12.4. The number of urea groups is 1. The molecule has 1 saturated heterocycles. The van der Waals surface area contributed by atoms with Crippen LogP contribution in [0.3, 0.4) is 0 Å². The van der Waals surface area contributed by atoms with Crippen molar-refractivity contribution in [2.45, 2.75) is 51.9 Å². The van der Waals surface area contributed by atoms with Gasteiger partial charge in [-0.05, 0) is 18.8 Å². The van der Waals surface area contributed by atoms with Gasteiger partial charge in [0.2, 0.25) is 0 Å². The zero-order valence-electron chi connectivity index (χ0n) is 15.2. The minimum absolute atomic E-state index is 0.0463. The largest absolute Gasteiger partial charge is 0.481 e. The number of aromatic nitrogens is 1. The van der Waals surface area contributed by atoms with Crippen LogP contribution in [0.2, 0.25) is 0 Å². The van der Waals surface area contributed by atoms with Crippen molar-refractivity contribution < 1.29 is 14.7 Å². The molecule has 6 nitrogen and oxygen atoms in total. The number of hydrogen-bond donors (Lipinski definition) is 2. The van der Waals surface area contributed by atoms with E-state index in [1.54, 1.807) is 16.2 Å². The minimum atomic E-state index is -0.748. The Morgan fingerprint density at radius 3 is 2.84 bits per heavy atom. The first kappa shape index (κ1) is 18.2. The summed E-state index contributed by atoms with van der Waals surface area (Å²) in [6, 6.07) is -0.152. The second kappa shape index (κ2) is 6.59. The summed E-state index contributed by atoms with van der Waals surface area (Å²) in [6.45, 7) is 7.83. The molecule has 7 heteroatoms. The minimum Gasteiger partial charge on any atom is -0.481 e. The van der Waals surface area contributed by atoms with Crippen molar-refractivity contribution in [3.05, 3.63) is 16.1 Å². The predicted molar refractivity (Wildman–Crippen MR) is 96.9 cm³/mol. The SMILES string of the molecule is CC(C)(C)c1nc(CCNC(=O)N2C[C@@H]3CCC[C@@]3(C(=O)O)C2)cs1. The second-order valence-corrected chi connectivity index (χ2v) is 9.16. The molecule has 25 heavy (non-hydrogen) atoms. The first-order valence-electron chi connectivity index (χ1n) is 8.93. The van der Waals surface area contributed by atoms with Crippen LogP contribution in [0.15, 0.2) is 5.38 Å². The molecular weight excluding hydrogens is 338 g/mol. The average molecular weight is 365 g/mol. The van der Waals surface area contributed by atoms with Crippen molar-refractivity contribution in [2.75, 3.05) is 19.6 Å². The van der Waals surface area contributed by atoms with E-state index in [0.717, 1.165) is 23.5 Å². The van der Waals surface area contributed by atoms with Crippen LogP contribution in [0.4, 0.5) is 4.79 Å². The first-order chi connectivity index (χ1) is 11.7. The third-order valence-corrected chi connectivity index (χ3v) is 6.75. The lowest BCUT2D eigenvalue weighted by atomic mass is 9.81. The molecule has 138 valence electrons. The van der Waals surface area contributed by atoms with E-state index in [0.29, 0.717) is 32.5 Å². The summed E-state index contributed by atoms with van der Waals surface area (Å²) in [7, 11) is 0. The van der Waals surface area contributed by atoms with Crippen molar-refractivity contribution in [1.82, 2.24) is 15.2 Å². The third-order valence-electron chi connectivity index (χ3n) is 5.43. The first-order valence-corrected chi connectivity index (χ1v) is 9.81. The van der Waals surface area contributed by atoms with Crippen molar-refractivity contribution in [1.29, 1.82) is 0 Å². The Labute approximate surface area is 152 Å². The van der Waals surface area contributed by atoms with Gasteiger partial charge in [0.15, 0.2) is 0 Å². The van der Waals surface area contributed by atoms with Gasteiger partial charge in [0.1, 0.15) is 0 Å². The van der Waals surface area contributed by atoms with Gasteiger partial charge in [-0.15, -0.1) is 11.3 Å². The van der Waals surface area contributed by atoms with E-state index >= 15 is 0 Å². The summed E-state index contributed by atoms with van der Waals surface area (Å²) in [5.41, 5.74) is 0.328. The Morgan fingerprint density at radius 2 is 2.24 bits per heavy atom. The molecule has 0 radical (unpaired) electrons. The Kier molecular flexibility index (Phi) is 4.79. The molecule has 0 bridgehead atoms. The molecule has 0 aromatic carbocycles. The number of carboxylic acid groups (broad SMARTS) is 1. The summed E-state index contributed by atoms with van der Waals surface area (Å²) in [4.78, 5) is 30.4. The number of amides is 2. The number of aliphatic carboxylic acids is 1. The number of likely N-dealkylation sites (tertiary alicyclic amines) is 1. The van der Waals surface area contributed by atoms with Crippen LogP contribution < -0.4 is 5.32 Å². The van der Waals surface area contributed by atoms with Gasteiger partial charge in [0, 0.05) is 36.9 Å². The van der Waals surface area contributed by atoms with E-state index in [1.807, 2.05) is 5.38 Å². The van der Waals surface area contributed by atoms with E-state index in [4.69, 9.17) is 0 Å². The molecule has 1 aromatic heterocycles. The molecule has 2 amide bonds. The number of carbonyl (C=O) groups excluding carboxylic acids is 1. The highest BCUT2D eigenvalue weighted by Crippen LogP contribution is 2.48. The summed E-state index contributed by atoms with van der Waals surface area (Å²) in [6.07, 6.45) is 3.24. The van der Waals surface area contributed by atoms with Gasteiger partial charge >= 0.3 is 12.0 Å².